The van der Waals surface area contributed by atoms with Crippen LogP contribution in [0.15, 0.2) is 28.7 Å². The Morgan fingerprint density at radius 3 is 3.00 bits per heavy atom. The number of hydrogen-bond acceptors (Lipinski definition) is 3. The van der Waals surface area contributed by atoms with Gasteiger partial charge in [0.1, 0.15) is 17.2 Å². The largest absolute Gasteiger partial charge is 0.461 e. The highest BCUT2D eigenvalue weighted by Gasteiger charge is 2.04. The Bertz CT molecular complexity index is 481. The lowest BCUT2D eigenvalue weighted by atomic mass is 10.2. The fourth-order valence-corrected chi connectivity index (χ4v) is 1.70. The van der Waals surface area contributed by atoms with Crippen LogP contribution in [-0.4, -0.2) is 26.8 Å². The molecule has 3 nitrogen and oxygen atoms in total. The van der Waals surface area contributed by atoms with Crippen LogP contribution in [0.2, 0.25) is 0 Å². The summed E-state index contributed by atoms with van der Waals surface area (Å²) >= 11 is 0. The number of halogens is 1. The average Bonchev–Trinajstić information content (AvgIpc) is 2.70. The van der Waals surface area contributed by atoms with E-state index in [2.05, 4.69) is 5.32 Å². The van der Waals surface area contributed by atoms with Crippen molar-refractivity contribution in [2.24, 2.45) is 0 Å². The van der Waals surface area contributed by atoms with Gasteiger partial charge in [0.25, 0.3) is 0 Å². The van der Waals surface area contributed by atoms with Gasteiger partial charge in [-0.15, -0.1) is 0 Å². The summed E-state index contributed by atoms with van der Waals surface area (Å²) in [5.74, 6) is 0.638. The standard InChI is InChI=1S/C13H16FNO2/c1-16-7-6-15-5-4-12-9-10-8-11(14)2-3-13(10)17-12/h2-3,8-9,15H,4-7H2,1H3. The first kappa shape index (κ1) is 12.1. The number of hydrogen-bond donors (Lipinski definition) is 1. The monoisotopic (exact) mass is 237 g/mol. The third-order valence-electron chi connectivity index (χ3n) is 2.56. The maximum atomic E-state index is 13.0. The predicted octanol–water partition coefficient (Wildman–Crippen LogP) is 2.35. The summed E-state index contributed by atoms with van der Waals surface area (Å²) in [5, 5.41) is 4.05. The zero-order chi connectivity index (χ0) is 12.1. The first-order chi connectivity index (χ1) is 8.29. The average molecular weight is 237 g/mol. The van der Waals surface area contributed by atoms with Gasteiger partial charge >= 0.3 is 0 Å². The maximum Gasteiger partial charge on any atom is 0.134 e. The zero-order valence-corrected chi connectivity index (χ0v) is 9.83. The van der Waals surface area contributed by atoms with Crippen molar-refractivity contribution in [3.8, 4) is 0 Å². The smallest absolute Gasteiger partial charge is 0.134 e. The predicted molar refractivity (Wildman–Crippen MR) is 64.6 cm³/mol. The number of nitrogens with one attached hydrogen (secondary N) is 1. The highest BCUT2D eigenvalue weighted by atomic mass is 19.1. The van der Waals surface area contributed by atoms with Crippen molar-refractivity contribution in [1.82, 2.24) is 5.32 Å². The van der Waals surface area contributed by atoms with Gasteiger partial charge in [-0.1, -0.05) is 0 Å². The minimum Gasteiger partial charge on any atom is -0.461 e. The molecule has 1 N–H and O–H groups in total. The number of rotatable bonds is 6. The first-order valence-corrected chi connectivity index (χ1v) is 5.67. The van der Waals surface area contributed by atoms with Gasteiger partial charge in [0.15, 0.2) is 0 Å². The molecule has 1 aromatic carbocycles. The van der Waals surface area contributed by atoms with E-state index in [0.717, 1.165) is 36.2 Å². The molecule has 0 saturated carbocycles. The Hall–Kier alpha value is -1.39. The van der Waals surface area contributed by atoms with Gasteiger partial charge in [0, 0.05) is 32.0 Å². The van der Waals surface area contributed by atoms with E-state index in [1.54, 1.807) is 13.2 Å². The maximum absolute atomic E-state index is 13.0. The molecular weight excluding hydrogens is 221 g/mol. The van der Waals surface area contributed by atoms with Crippen molar-refractivity contribution in [2.75, 3.05) is 26.8 Å². The summed E-state index contributed by atoms with van der Waals surface area (Å²) in [6, 6.07) is 6.44. The lowest BCUT2D eigenvalue weighted by Gasteiger charge is -2.01. The molecule has 0 bridgehead atoms. The summed E-state index contributed by atoms with van der Waals surface area (Å²) in [7, 11) is 1.68. The van der Waals surface area contributed by atoms with Crippen molar-refractivity contribution < 1.29 is 13.5 Å². The van der Waals surface area contributed by atoms with E-state index in [1.807, 2.05) is 6.07 Å². The molecule has 0 fully saturated rings. The lowest BCUT2D eigenvalue weighted by Crippen LogP contribution is -2.21. The van der Waals surface area contributed by atoms with E-state index in [4.69, 9.17) is 9.15 Å². The van der Waals surface area contributed by atoms with E-state index < -0.39 is 0 Å². The van der Waals surface area contributed by atoms with E-state index in [9.17, 15) is 4.39 Å². The zero-order valence-electron chi connectivity index (χ0n) is 9.83. The number of furan rings is 1. The number of methoxy groups -OCH3 is 1. The van der Waals surface area contributed by atoms with Crippen LogP contribution in [0.3, 0.4) is 0 Å². The molecule has 0 amide bonds. The molecule has 0 aliphatic rings. The Kier molecular flexibility index (Phi) is 4.12. The van der Waals surface area contributed by atoms with Crippen molar-refractivity contribution >= 4 is 11.0 Å². The molecule has 1 heterocycles. The minimum absolute atomic E-state index is 0.233. The van der Waals surface area contributed by atoms with Crippen LogP contribution in [0.4, 0.5) is 4.39 Å². The van der Waals surface area contributed by atoms with Crippen LogP contribution in [-0.2, 0) is 11.2 Å². The Labute approximate surface area is 99.6 Å². The highest BCUT2D eigenvalue weighted by Crippen LogP contribution is 2.20. The molecule has 1 aromatic heterocycles. The van der Waals surface area contributed by atoms with Gasteiger partial charge in [-0.25, -0.2) is 4.39 Å². The Morgan fingerprint density at radius 2 is 2.18 bits per heavy atom. The normalized spacial score (nSPS) is 11.2. The fraction of sp³-hybridized carbons (Fsp3) is 0.385. The molecule has 92 valence electrons. The topological polar surface area (TPSA) is 34.4 Å². The van der Waals surface area contributed by atoms with Crippen LogP contribution >= 0.6 is 0 Å². The molecule has 0 unspecified atom stereocenters. The van der Waals surface area contributed by atoms with Crippen molar-refractivity contribution in [3.05, 3.63) is 35.8 Å². The van der Waals surface area contributed by atoms with E-state index in [0.29, 0.717) is 6.61 Å². The van der Waals surface area contributed by atoms with Crippen LogP contribution in [0.25, 0.3) is 11.0 Å². The second-order valence-electron chi connectivity index (χ2n) is 3.89. The molecule has 2 aromatic rings. The van der Waals surface area contributed by atoms with E-state index in [-0.39, 0.29) is 5.82 Å². The molecule has 0 atom stereocenters. The number of ether oxygens (including phenoxy) is 1. The van der Waals surface area contributed by atoms with Crippen molar-refractivity contribution in [1.29, 1.82) is 0 Å². The van der Waals surface area contributed by atoms with Crippen molar-refractivity contribution in [3.63, 3.8) is 0 Å². The summed E-state index contributed by atoms with van der Waals surface area (Å²) in [4.78, 5) is 0. The third kappa shape index (κ3) is 3.28. The summed E-state index contributed by atoms with van der Waals surface area (Å²) in [6.07, 6.45) is 0.792. The fourth-order valence-electron chi connectivity index (χ4n) is 1.70. The van der Waals surface area contributed by atoms with Crippen LogP contribution < -0.4 is 5.32 Å². The minimum atomic E-state index is -0.233. The second kappa shape index (κ2) is 5.80. The van der Waals surface area contributed by atoms with Gasteiger partial charge in [0.05, 0.1) is 6.61 Å². The molecule has 0 saturated heterocycles. The molecule has 0 spiro atoms. The molecule has 2 rings (SSSR count). The summed E-state index contributed by atoms with van der Waals surface area (Å²) in [6.45, 7) is 2.35. The first-order valence-electron chi connectivity index (χ1n) is 5.67. The van der Waals surface area contributed by atoms with Gasteiger partial charge in [-0.2, -0.15) is 0 Å². The van der Waals surface area contributed by atoms with Gasteiger partial charge < -0.3 is 14.5 Å². The van der Waals surface area contributed by atoms with Crippen LogP contribution in [0, 0.1) is 5.82 Å². The van der Waals surface area contributed by atoms with E-state index in [1.165, 1.54) is 12.1 Å². The van der Waals surface area contributed by atoms with Gasteiger partial charge in [0.2, 0.25) is 0 Å². The lowest BCUT2D eigenvalue weighted by molar-refractivity contribution is 0.199. The molecule has 17 heavy (non-hydrogen) atoms. The highest BCUT2D eigenvalue weighted by molar-refractivity contribution is 5.77. The molecule has 4 heteroatoms. The molecule has 0 radical (unpaired) electrons. The second-order valence-corrected chi connectivity index (χ2v) is 3.89. The Morgan fingerprint density at radius 1 is 1.29 bits per heavy atom. The molecule has 0 aliphatic carbocycles. The number of benzene rings is 1. The van der Waals surface area contributed by atoms with Crippen LogP contribution in [0.5, 0.6) is 0 Å². The van der Waals surface area contributed by atoms with Gasteiger partial charge in [-0.3, -0.25) is 0 Å². The summed E-state index contributed by atoms with van der Waals surface area (Å²) in [5.41, 5.74) is 0.735. The SMILES string of the molecule is COCCNCCc1cc2cc(F)ccc2o1. The summed E-state index contributed by atoms with van der Waals surface area (Å²) < 4.78 is 23.5. The number of fused-ring (bicyclic) bond motifs is 1. The van der Waals surface area contributed by atoms with Crippen LogP contribution in [0.1, 0.15) is 5.76 Å². The van der Waals surface area contributed by atoms with Gasteiger partial charge in [-0.05, 0) is 24.3 Å². The molecular formula is C13H16FNO2. The molecule has 0 aliphatic heterocycles. The Balaban J connectivity index is 1.91. The quantitative estimate of drug-likeness (QED) is 0.783. The van der Waals surface area contributed by atoms with E-state index >= 15 is 0 Å². The van der Waals surface area contributed by atoms with Crippen molar-refractivity contribution in [2.45, 2.75) is 6.42 Å². The third-order valence-corrected chi connectivity index (χ3v) is 2.56.